The summed E-state index contributed by atoms with van der Waals surface area (Å²) in [5, 5.41) is 16.3. The van der Waals surface area contributed by atoms with E-state index in [1.165, 1.54) is 12.1 Å². The fourth-order valence-corrected chi connectivity index (χ4v) is 3.84. The summed E-state index contributed by atoms with van der Waals surface area (Å²) in [5.41, 5.74) is 7.34. The number of aromatic nitrogens is 6. The first-order chi connectivity index (χ1) is 14.8. The highest BCUT2D eigenvalue weighted by atomic mass is 19.1. The van der Waals surface area contributed by atoms with Crippen molar-refractivity contribution in [2.75, 3.05) is 0 Å². The van der Waals surface area contributed by atoms with E-state index >= 15 is 0 Å². The van der Waals surface area contributed by atoms with Gasteiger partial charge in [-0.2, -0.15) is 10.2 Å². The highest BCUT2D eigenvalue weighted by Gasteiger charge is 2.14. The Morgan fingerprint density at radius 2 is 1.73 bits per heavy atom. The minimum atomic E-state index is -0.245. The topological polar surface area (TPSA) is 86.0 Å². The van der Waals surface area contributed by atoms with Crippen LogP contribution in [0.5, 0.6) is 0 Å². The van der Waals surface area contributed by atoms with Gasteiger partial charge in [0.05, 0.1) is 17.6 Å². The molecule has 0 saturated heterocycles. The van der Waals surface area contributed by atoms with Crippen molar-refractivity contribution < 1.29 is 4.39 Å². The number of nitrogens with zero attached hydrogens (tertiary/aromatic N) is 3. The fraction of sp³-hybridized carbons (Fsp3) is 0. The fourth-order valence-electron chi connectivity index (χ4n) is 3.84. The molecule has 4 heterocycles. The Hall–Kier alpha value is -4.26. The van der Waals surface area contributed by atoms with Crippen LogP contribution in [0.1, 0.15) is 0 Å². The van der Waals surface area contributed by atoms with E-state index in [1.807, 2.05) is 24.4 Å². The maximum absolute atomic E-state index is 13.4. The summed E-state index contributed by atoms with van der Waals surface area (Å²) >= 11 is 0. The van der Waals surface area contributed by atoms with Gasteiger partial charge in [0, 0.05) is 39.8 Å². The zero-order valence-electron chi connectivity index (χ0n) is 15.6. The van der Waals surface area contributed by atoms with Crippen LogP contribution in [-0.4, -0.2) is 30.4 Å². The quantitative estimate of drug-likeness (QED) is 0.381. The van der Waals surface area contributed by atoms with Gasteiger partial charge < -0.3 is 4.98 Å². The Balaban J connectivity index is 1.52. The molecule has 3 N–H and O–H groups in total. The van der Waals surface area contributed by atoms with Gasteiger partial charge in [0.1, 0.15) is 5.82 Å². The van der Waals surface area contributed by atoms with E-state index in [2.05, 4.69) is 42.5 Å². The summed E-state index contributed by atoms with van der Waals surface area (Å²) in [6.45, 7) is 0. The Morgan fingerprint density at radius 3 is 2.57 bits per heavy atom. The number of hydrogen-bond acceptors (Lipinski definition) is 3. The van der Waals surface area contributed by atoms with Gasteiger partial charge in [-0.05, 0) is 41.5 Å². The van der Waals surface area contributed by atoms with Gasteiger partial charge in [-0.3, -0.25) is 10.2 Å². The van der Waals surface area contributed by atoms with Gasteiger partial charge in [-0.1, -0.05) is 24.3 Å². The molecule has 6 aromatic rings. The number of pyridine rings is 1. The van der Waals surface area contributed by atoms with Crippen LogP contribution in [0.25, 0.3) is 55.6 Å². The van der Waals surface area contributed by atoms with Gasteiger partial charge in [-0.25, -0.2) is 9.37 Å². The lowest BCUT2D eigenvalue weighted by atomic mass is 10.0. The summed E-state index contributed by atoms with van der Waals surface area (Å²) in [4.78, 5) is 7.95. The van der Waals surface area contributed by atoms with Crippen molar-refractivity contribution >= 4 is 21.9 Å². The largest absolute Gasteiger partial charge is 0.353 e. The Morgan fingerprint density at radius 1 is 0.833 bits per heavy atom. The minimum Gasteiger partial charge on any atom is -0.353 e. The molecule has 0 saturated carbocycles. The Bertz CT molecular complexity index is 1490. The van der Waals surface area contributed by atoms with Crippen molar-refractivity contribution in [1.82, 2.24) is 30.4 Å². The highest BCUT2D eigenvalue weighted by Crippen LogP contribution is 2.34. The lowest BCUT2D eigenvalue weighted by Gasteiger charge is -2.03. The number of halogens is 1. The highest BCUT2D eigenvalue weighted by molar-refractivity contribution is 6.01. The van der Waals surface area contributed by atoms with E-state index in [4.69, 9.17) is 0 Å². The van der Waals surface area contributed by atoms with Crippen molar-refractivity contribution in [1.29, 1.82) is 0 Å². The Kier molecular flexibility index (Phi) is 3.55. The molecule has 6 rings (SSSR count). The third-order valence-corrected chi connectivity index (χ3v) is 5.33. The lowest BCUT2D eigenvalue weighted by molar-refractivity contribution is 0.628. The summed E-state index contributed by atoms with van der Waals surface area (Å²) in [5.74, 6) is -0.245. The number of benzene rings is 2. The number of fused-ring (bicyclic) bond motifs is 2. The van der Waals surface area contributed by atoms with Gasteiger partial charge in [0.2, 0.25) is 0 Å². The molecule has 144 valence electrons. The molecule has 2 aromatic carbocycles. The molecule has 0 bridgehead atoms. The normalized spacial score (nSPS) is 11.5. The third kappa shape index (κ3) is 2.60. The predicted molar refractivity (Wildman–Crippen MR) is 114 cm³/mol. The van der Waals surface area contributed by atoms with Crippen LogP contribution in [-0.2, 0) is 0 Å². The standard InChI is InChI=1S/C23H15FN6/c24-16-6-4-13(5-7-16)17-2-1-3-20-18(17)9-21(28-20)22-19-8-14(15-11-26-27-12-15)10-25-23(19)30-29-22/h1-12,28H,(H,26,27)(H,25,29,30). The van der Waals surface area contributed by atoms with Crippen LogP contribution in [0.15, 0.2) is 73.2 Å². The van der Waals surface area contributed by atoms with Crippen LogP contribution < -0.4 is 0 Å². The van der Waals surface area contributed by atoms with E-state index < -0.39 is 0 Å². The number of hydrogen-bond donors (Lipinski definition) is 3. The van der Waals surface area contributed by atoms with Crippen LogP contribution in [0.2, 0.25) is 0 Å². The van der Waals surface area contributed by atoms with E-state index in [1.54, 1.807) is 24.5 Å². The molecule has 0 spiro atoms. The molecule has 7 heteroatoms. The monoisotopic (exact) mass is 394 g/mol. The second kappa shape index (κ2) is 6.38. The first-order valence-corrected chi connectivity index (χ1v) is 9.47. The van der Waals surface area contributed by atoms with Crippen molar-refractivity contribution in [3.05, 3.63) is 79.0 Å². The molecule has 0 aliphatic heterocycles. The van der Waals surface area contributed by atoms with E-state index in [-0.39, 0.29) is 5.82 Å². The van der Waals surface area contributed by atoms with Crippen LogP contribution >= 0.6 is 0 Å². The maximum atomic E-state index is 13.4. The van der Waals surface area contributed by atoms with Crippen molar-refractivity contribution in [2.24, 2.45) is 0 Å². The molecule has 0 atom stereocenters. The SMILES string of the molecule is Fc1ccc(-c2cccc3[nH]c(-c4[nH]nc5ncc(-c6cn[nH]c6)cc45)cc23)cc1. The second-order valence-corrected chi connectivity index (χ2v) is 7.14. The van der Waals surface area contributed by atoms with E-state index in [0.29, 0.717) is 5.65 Å². The van der Waals surface area contributed by atoms with Gasteiger partial charge in [0.15, 0.2) is 5.65 Å². The summed E-state index contributed by atoms with van der Waals surface area (Å²) in [6.07, 6.45) is 5.39. The predicted octanol–water partition coefficient (Wildman–Crippen LogP) is 5.30. The second-order valence-electron chi connectivity index (χ2n) is 7.14. The van der Waals surface area contributed by atoms with Gasteiger partial charge >= 0.3 is 0 Å². The van der Waals surface area contributed by atoms with Crippen LogP contribution in [0.4, 0.5) is 4.39 Å². The summed E-state index contributed by atoms with van der Waals surface area (Å²) < 4.78 is 13.4. The molecule has 0 aliphatic carbocycles. The molecule has 0 radical (unpaired) electrons. The lowest BCUT2D eigenvalue weighted by Crippen LogP contribution is -1.81. The summed E-state index contributed by atoms with van der Waals surface area (Å²) in [7, 11) is 0. The molecule has 0 fully saturated rings. The molecular weight excluding hydrogens is 379 g/mol. The molecule has 30 heavy (non-hydrogen) atoms. The molecule has 0 unspecified atom stereocenters. The van der Waals surface area contributed by atoms with Crippen molar-refractivity contribution in [3.63, 3.8) is 0 Å². The molecule has 6 nitrogen and oxygen atoms in total. The maximum Gasteiger partial charge on any atom is 0.181 e. The average molecular weight is 394 g/mol. The molecular formula is C23H15FN6. The number of rotatable bonds is 3. The first-order valence-electron chi connectivity index (χ1n) is 9.47. The van der Waals surface area contributed by atoms with Crippen LogP contribution in [0.3, 0.4) is 0 Å². The van der Waals surface area contributed by atoms with Crippen molar-refractivity contribution in [3.8, 4) is 33.6 Å². The molecule has 0 amide bonds. The number of nitrogens with one attached hydrogen (secondary N) is 3. The van der Waals surface area contributed by atoms with Gasteiger partial charge in [0.25, 0.3) is 0 Å². The Labute approximate surface area is 169 Å². The number of aromatic amines is 3. The van der Waals surface area contributed by atoms with Gasteiger partial charge in [-0.15, -0.1) is 0 Å². The summed E-state index contributed by atoms with van der Waals surface area (Å²) in [6, 6.07) is 16.7. The van der Waals surface area contributed by atoms with Crippen molar-refractivity contribution in [2.45, 2.75) is 0 Å². The molecule has 4 aromatic heterocycles. The van der Waals surface area contributed by atoms with Crippen LogP contribution in [0, 0.1) is 5.82 Å². The minimum absolute atomic E-state index is 0.245. The molecule has 0 aliphatic rings. The zero-order valence-corrected chi connectivity index (χ0v) is 15.6. The number of H-pyrrole nitrogens is 3. The average Bonchev–Trinajstić information content (AvgIpc) is 3.52. The zero-order chi connectivity index (χ0) is 20.1. The first kappa shape index (κ1) is 16.7. The van der Waals surface area contributed by atoms with E-state index in [0.717, 1.165) is 49.9 Å². The smallest absolute Gasteiger partial charge is 0.181 e. The third-order valence-electron chi connectivity index (χ3n) is 5.33. The van der Waals surface area contributed by atoms with E-state index in [9.17, 15) is 4.39 Å².